The Morgan fingerprint density at radius 3 is 2.47 bits per heavy atom. The van der Waals surface area contributed by atoms with Gasteiger partial charge in [0.2, 0.25) is 0 Å². The lowest BCUT2D eigenvalue weighted by Gasteiger charge is -2.26. The molecule has 8 heteroatoms. The third kappa shape index (κ3) is 4.96. The highest BCUT2D eigenvalue weighted by atomic mass is 127. The number of hydrogen-bond donors (Lipinski definition) is 1. The summed E-state index contributed by atoms with van der Waals surface area (Å²) in [5.41, 5.74) is 2.94. The van der Waals surface area contributed by atoms with Crippen molar-refractivity contribution in [1.82, 2.24) is 5.32 Å². The second-order valence-corrected chi connectivity index (χ2v) is 8.77. The van der Waals surface area contributed by atoms with Crippen LogP contribution in [-0.2, 0) is 16.2 Å². The maximum Gasteiger partial charge on any atom is 0.335 e. The third-order valence-electron chi connectivity index (χ3n) is 5.14. The van der Waals surface area contributed by atoms with E-state index in [1.165, 1.54) is 13.2 Å². The molecule has 0 spiro atoms. The molecule has 4 amide bonds. The highest BCUT2D eigenvalue weighted by molar-refractivity contribution is 14.1. The molecule has 0 atom stereocenters. The lowest BCUT2D eigenvalue weighted by atomic mass is 10.1. The molecule has 4 rings (SSSR count). The van der Waals surface area contributed by atoms with Crippen LogP contribution >= 0.6 is 22.6 Å². The van der Waals surface area contributed by atoms with E-state index in [0.717, 1.165) is 19.6 Å². The first-order valence-electron chi connectivity index (χ1n) is 10.4. The van der Waals surface area contributed by atoms with Crippen molar-refractivity contribution in [2.24, 2.45) is 0 Å². The van der Waals surface area contributed by atoms with Crippen molar-refractivity contribution in [3.63, 3.8) is 0 Å². The molecule has 1 aliphatic rings. The van der Waals surface area contributed by atoms with E-state index in [-0.39, 0.29) is 5.57 Å². The van der Waals surface area contributed by atoms with Crippen LogP contribution in [0, 0.1) is 10.5 Å². The molecular weight excluding hydrogens is 547 g/mol. The van der Waals surface area contributed by atoms with Crippen LogP contribution in [0.4, 0.5) is 10.5 Å². The van der Waals surface area contributed by atoms with Crippen LogP contribution in [0.25, 0.3) is 6.08 Å². The van der Waals surface area contributed by atoms with Crippen LogP contribution < -0.4 is 19.7 Å². The van der Waals surface area contributed by atoms with Gasteiger partial charge in [0.25, 0.3) is 11.8 Å². The standard InChI is InChI=1S/C26H21IN2O5/c1-16-7-6-8-17(11-16)15-34-23-21(27)13-18(14-22(23)33-2)12-20-24(30)28-26(32)29(25(20)31)19-9-4-3-5-10-19/h3-14H,15H2,1-2H3,(H,28,30,32)/b20-12+. The molecule has 1 heterocycles. The Balaban J connectivity index is 1.64. The smallest absolute Gasteiger partial charge is 0.335 e. The maximum atomic E-state index is 13.1. The number of carbonyl (C=O) groups excluding carboxylic acids is 3. The lowest BCUT2D eigenvalue weighted by molar-refractivity contribution is -0.122. The average molecular weight is 568 g/mol. The van der Waals surface area contributed by atoms with Crippen molar-refractivity contribution in [3.8, 4) is 11.5 Å². The molecule has 172 valence electrons. The molecule has 34 heavy (non-hydrogen) atoms. The lowest BCUT2D eigenvalue weighted by Crippen LogP contribution is -2.54. The number of nitrogens with one attached hydrogen (secondary N) is 1. The fraction of sp³-hybridized carbons (Fsp3) is 0.115. The summed E-state index contributed by atoms with van der Waals surface area (Å²) in [4.78, 5) is 38.8. The molecule has 0 bridgehead atoms. The SMILES string of the molecule is COc1cc(/C=C2\C(=O)NC(=O)N(c3ccccc3)C2=O)cc(I)c1OCc1cccc(C)c1. The monoisotopic (exact) mass is 568 g/mol. The van der Waals surface area contributed by atoms with E-state index in [2.05, 4.69) is 27.9 Å². The number of hydrogen-bond acceptors (Lipinski definition) is 5. The van der Waals surface area contributed by atoms with Gasteiger partial charge in [-0.25, -0.2) is 9.69 Å². The molecule has 0 radical (unpaired) electrons. The zero-order valence-electron chi connectivity index (χ0n) is 18.5. The van der Waals surface area contributed by atoms with Gasteiger partial charge in [-0.3, -0.25) is 14.9 Å². The summed E-state index contributed by atoms with van der Waals surface area (Å²) in [5, 5.41) is 2.23. The first-order chi connectivity index (χ1) is 16.4. The number of carbonyl (C=O) groups is 3. The van der Waals surface area contributed by atoms with Crippen LogP contribution in [0.5, 0.6) is 11.5 Å². The third-order valence-corrected chi connectivity index (χ3v) is 5.95. The summed E-state index contributed by atoms with van der Waals surface area (Å²) in [6.45, 7) is 2.38. The molecule has 0 aliphatic carbocycles. The fourth-order valence-corrected chi connectivity index (χ4v) is 4.34. The maximum absolute atomic E-state index is 13.1. The van der Waals surface area contributed by atoms with Gasteiger partial charge in [0.1, 0.15) is 12.2 Å². The molecule has 1 aliphatic heterocycles. The van der Waals surface area contributed by atoms with Crippen LogP contribution in [0.15, 0.2) is 72.3 Å². The zero-order valence-corrected chi connectivity index (χ0v) is 20.7. The van der Waals surface area contributed by atoms with E-state index in [4.69, 9.17) is 9.47 Å². The van der Waals surface area contributed by atoms with E-state index in [0.29, 0.717) is 29.4 Å². The summed E-state index contributed by atoms with van der Waals surface area (Å²) in [7, 11) is 1.52. The van der Waals surface area contributed by atoms with E-state index >= 15 is 0 Å². The Morgan fingerprint density at radius 1 is 1.00 bits per heavy atom. The molecule has 3 aromatic carbocycles. The number of ether oxygens (including phenoxy) is 2. The Bertz CT molecular complexity index is 1300. The van der Waals surface area contributed by atoms with Crippen molar-refractivity contribution in [2.45, 2.75) is 13.5 Å². The number of imide groups is 2. The summed E-state index contributed by atoms with van der Waals surface area (Å²) in [6.07, 6.45) is 1.44. The Kier molecular flexibility index (Phi) is 6.97. The number of aryl methyl sites for hydroxylation is 1. The Hall–Kier alpha value is -3.66. The van der Waals surface area contributed by atoms with Gasteiger partial charge in [0, 0.05) is 0 Å². The van der Waals surface area contributed by atoms with Crippen LogP contribution in [0.3, 0.4) is 0 Å². The number of methoxy groups -OCH3 is 1. The number of nitrogens with zero attached hydrogens (tertiary/aromatic N) is 1. The van der Waals surface area contributed by atoms with Crippen molar-refractivity contribution < 1.29 is 23.9 Å². The molecule has 1 saturated heterocycles. The second kappa shape index (κ2) is 10.1. The number of benzene rings is 3. The van der Waals surface area contributed by atoms with Crippen molar-refractivity contribution in [2.75, 3.05) is 12.0 Å². The minimum absolute atomic E-state index is 0.158. The van der Waals surface area contributed by atoms with Gasteiger partial charge < -0.3 is 9.47 Å². The first-order valence-corrected chi connectivity index (χ1v) is 11.5. The fourth-order valence-electron chi connectivity index (χ4n) is 3.56. The van der Waals surface area contributed by atoms with E-state index in [1.54, 1.807) is 42.5 Å². The largest absolute Gasteiger partial charge is 0.493 e. The number of rotatable bonds is 6. The number of para-hydroxylation sites is 1. The van der Waals surface area contributed by atoms with Gasteiger partial charge in [-0.1, -0.05) is 48.0 Å². The van der Waals surface area contributed by atoms with Crippen LogP contribution in [0.2, 0.25) is 0 Å². The van der Waals surface area contributed by atoms with E-state index in [9.17, 15) is 14.4 Å². The highest BCUT2D eigenvalue weighted by Crippen LogP contribution is 2.35. The number of halogens is 1. The molecule has 3 aromatic rings. The summed E-state index contributed by atoms with van der Waals surface area (Å²) in [5.74, 6) is -0.428. The quantitative estimate of drug-likeness (QED) is 0.261. The van der Waals surface area contributed by atoms with Gasteiger partial charge in [0.15, 0.2) is 11.5 Å². The summed E-state index contributed by atoms with van der Waals surface area (Å²) >= 11 is 2.12. The number of amides is 4. The molecule has 1 N–H and O–H groups in total. The number of urea groups is 1. The predicted molar refractivity (Wildman–Crippen MR) is 137 cm³/mol. The zero-order chi connectivity index (χ0) is 24.2. The topological polar surface area (TPSA) is 84.9 Å². The van der Waals surface area contributed by atoms with Gasteiger partial charge in [-0.2, -0.15) is 0 Å². The van der Waals surface area contributed by atoms with E-state index in [1.807, 2.05) is 31.2 Å². The van der Waals surface area contributed by atoms with Gasteiger partial charge in [-0.05, 0) is 71.0 Å². The summed E-state index contributed by atoms with van der Waals surface area (Å²) < 4.78 is 12.3. The Morgan fingerprint density at radius 2 is 1.76 bits per heavy atom. The molecule has 0 aromatic heterocycles. The normalized spacial score (nSPS) is 14.9. The van der Waals surface area contributed by atoms with Crippen molar-refractivity contribution in [3.05, 3.63) is 92.6 Å². The van der Waals surface area contributed by atoms with Gasteiger partial charge >= 0.3 is 6.03 Å². The Labute approximate surface area is 210 Å². The minimum Gasteiger partial charge on any atom is -0.493 e. The average Bonchev–Trinajstić information content (AvgIpc) is 2.81. The van der Waals surface area contributed by atoms with Crippen molar-refractivity contribution >= 4 is 52.2 Å². The first kappa shape index (κ1) is 23.5. The highest BCUT2D eigenvalue weighted by Gasteiger charge is 2.36. The van der Waals surface area contributed by atoms with Gasteiger partial charge in [0.05, 0.1) is 16.4 Å². The summed E-state index contributed by atoms with van der Waals surface area (Å²) in [6, 6.07) is 19.1. The molecule has 0 saturated carbocycles. The second-order valence-electron chi connectivity index (χ2n) is 7.61. The molecule has 1 fully saturated rings. The molecule has 0 unspecified atom stereocenters. The molecular formula is C26H21IN2O5. The minimum atomic E-state index is -0.787. The van der Waals surface area contributed by atoms with Crippen molar-refractivity contribution in [1.29, 1.82) is 0 Å². The van der Waals surface area contributed by atoms with Crippen LogP contribution in [0.1, 0.15) is 16.7 Å². The van der Waals surface area contributed by atoms with Crippen LogP contribution in [-0.4, -0.2) is 25.0 Å². The molecule has 7 nitrogen and oxygen atoms in total. The number of anilines is 1. The van der Waals surface area contributed by atoms with Gasteiger partial charge in [-0.15, -0.1) is 0 Å². The van der Waals surface area contributed by atoms with E-state index < -0.39 is 17.8 Å². The predicted octanol–water partition coefficient (Wildman–Crippen LogP) is 4.85. The number of barbiturate groups is 1.